The largest absolute Gasteiger partial charge is 0.468 e. The first-order valence-corrected chi connectivity index (χ1v) is 8.65. The number of furan rings is 1. The lowest BCUT2D eigenvalue weighted by Crippen LogP contribution is -2.40. The number of nitrogens with one attached hydrogen (secondary N) is 1. The summed E-state index contributed by atoms with van der Waals surface area (Å²) in [6, 6.07) is 3.92. The molecule has 0 spiro atoms. The molecule has 1 aliphatic heterocycles. The van der Waals surface area contributed by atoms with Gasteiger partial charge in [0.2, 0.25) is 5.76 Å². The summed E-state index contributed by atoms with van der Waals surface area (Å²) in [6.07, 6.45) is 4.67. The molecule has 0 aromatic carbocycles. The van der Waals surface area contributed by atoms with Gasteiger partial charge in [-0.2, -0.15) is 0 Å². The molecule has 0 bridgehead atoms. The van der Waals surface area contributed by atoms with E-state index >= 15 is 0 Å². The summed E-state index contributed by atoms with van der Waals surface area (Å²) in [5, 5.41) is 3.00. The Balaban J connectivity index is 1.50. The molecule has 6 nitrogen and oxygen atoms in total. The molecule has 2 aromatic rings. The van der Waals surface area contributed by atoms with Gasteiger partial charge in [-0.3, -0.25) is 9.69 Å². The first kappa shape index (κ1) is 16.8. The predicted octanol–water partition coefficient (Wildman–Crippen LogP) is 2.78. The van der Waals surface area contributed by atoms with Crippen molar-refractivity contribution in [1.29, 1.82) is 0 Å². The van der Waals surface area contributed by atoms with Gasteiger partial charge in [-0.25, -0.2) is 4.98 Å². The van der Waals surface area contributed by atoms with E-state index < -0.39 is 0 Å². The second-order valence-electron chi connectivity index (χ2n) is 6.41. The number of hydrogen-bond donors (Lipinski definition) is 1. The molecule has 1 N–H and O–H groups in total. The quantitative estimate of drug-likeness (QED) is 0.881. The third-order valence-corrected chi connectivity index (χ3v) is 4.46. The summed E-state index contributed by atoms with van der Waals surface area (Å²) in [5.74, 6) is 2.23. The van der Waals surface area contributed by atoms with Crippen molar-refractivity contribution >= 4 is 5.91 Å². The number of carbonyl (C=O) groups is 1. The van der Waals surface area contributed by atoms with Crippen LogP contribution in [-0.4, -0.2) is 35.4 Å². The van der Waals surface area contributed by atoms with Gasteiger partial charge < -0.3 is 14.2 Å². The van der Waals surface area contributed by atoms with Crippen LogP contribution in [0, 0.1) is 12.8 Å². The highest BCUT2D eigenvalue weighted by atomic mass is 16.4. The molecule has 0 saturated carbocycles. The Morgan fingerprint density at radius 1 is 1.50 bits per heavy atom. The van der Waals surface area contributed by atoms with Gasteiger partial charge in [-0.15, -0.1) is 0 Å². The molecule has 6 heteroatoms. The Morgan fingerprint density at radius 3 is 3.08 bits per heavy atom. The standard InChI is InChI=1S/C18H25N3O3/c1-3-16-20-13(2)17(24-16)18(22)19-10-14-6-4-8-21(11-14)12-15-7-5-9-23-15/h5,7,9,14H,3-4,6,8,10-12H2,1-2H3,(H,19,22)/t14-/m0/s1. The van der Waals surface area contributed by atoms with E-state index in [-0.39, 0.29) is 5.91 Å². The van der Waals surface area contributed by atoms with Crippen LogP contribution in [0.4, 0.5) is 0 Å². The number of hydrogen-bond acceptors (Lipinski definition) is 5. The SMILES string of the molecule is CCc1nc(C)c(C(=O)NC[C@@H]2CCCN(Cc3ccco3)C2)o1. The molecule has 0 unspecified atom stereocenters. The van der Waals surface area contributed by atoms with Gasteiger partial charge in [0.25, 0.3) is 5.91 Å². The zero-order valence-corrected chi connectivity index (χ0v) is 14.4. The molecule has 3 heterocycles. The summed E-state index contributed by atoms with van der Waals surface area (Å²) in [6.45, 7) is 7.31. The fraction of sp³-hybridized carbons (Fsp3) is 0.556. The van der Waals surface area contributed by atoms with Crippen LogP contribution >= 0.6 is 0 Å². The van der Waals surface area contributed by atoms with Gasteiger partial charge in [0.15, 0.2) is 5.89 Å². The smallest absolute Gasteiger partial charge is 0.289 e. The average Bonchev–Trinajstić information content (AvgIpc) is 3.22. The molecule has 1 saturated heterocycles. The molecule has 3 rings (SSSR count). The molecule has 2 aromatic heterocycles. The van der Waals surface area contributed by atoms with Crippen LogP contribution in [0.5, 0.6) is 0 Å². The maximum Gasteiger partial charge on any atom is 0.289 e. The highest BCUT2D eigenvalue weighted by Crippen LogP contribution is 2.18. The first-order valence-electron chi connectivity index (χ1n) is 8.65. The van der Waals surface area contributed by atoms with E-state index in [1.807, 2.05) is 26.0 Å². The molecule has 1 amide bonds. The van der Waals surface area contributed by atoms with E-state index in [1.54, 1.807) is 6.26 Å². The van der Waals surface area contributed by atoms with Crippen LogP contribution in [0.3, 0.4) is 0 Å². The molecule has 0 radical (unpaired) electrons. The summed E-state index contributed by atoms with van der Waals surface area (Å²) in [7, 11) is 0. The Kier molecular flexibility index (Phi) is 5.35. The van der Waals surface area contributed by atoms with Crippen molar-refractivity contribution in [3.8, 4) is 0 Å². The normalized spacial score (nSPS) is 18.7. The predicted molar refractivity (Wildman–Crippen MR) is 89.7 cm³/mol. The number of nitrogens with zero attached hydrogens (tertiary/aromatic N) is 2. The Bertz CT molecular complexity index is 663. The van der Waals surface area contributed by atoms with Crippen LogP contribution < -0.4 is 5.32 Å². The van der Waals surface area contributed by atoms with Gasteiger partial charge in [0.05, 0.1) is 18.5 Å². The van der Waals surface area contributed by atoms with Gasteiger partial charge in [-0.05, 0) is 44.4 Å². The lowest BCUT2D eigenvalue weighted by Gasteiger charge is -2.32. The van der Waals surface area contributed by atoms with Crippen LogP contribution in [0.25, 0.3) is 0 Å². The van der Waals surface area contributed by atoms with E-state index in [1.165, 1.54) is 0 Å². The molecular weight excluding hydrogens is 306 g/mol. The van der Waals surface area contributed by atoms with Crippen LogP contribution in [0.15, 0.2) is 27.2 Å². The number of oxazole rings is 1. The van der Waals surface area contributed by atoms with Crippen molar-refractivity contribution in [2.24, 2.45) is 5.92 Å². The second-order valence-corrected chi connectivity index (χ2v) is 6.41. The van der Waals surface area contributed by atoms with Crippen LogP contribution in [0.1, 0.15) is 47.7 Å². The van der Waals surface area contributed by atoms with Crippen molar-refractivity contribution in [3.63, 3.8) is 0 Å². The Hall–Kier alpha value is -2.08. The highest BCUT2D eigenvalue weighted by molar-refractivity contribution is 5.92. The van der Waals surface area contributed by atoms with Crippen molar-refractivity contribution in [1.82, 2.24) is 15.2 Å². The number of amides is 1. The zero-order chi connectivity index (χ0) is 16.9. The van der Waals surface area contributed by atoms with E-state index in [0.29, 0.717) is 36.2 Å². The molecular formula is C18H25N3O3. The minimum absolute atomic E-state index is 0.164. The lowest BCUT2D eigenvalue weighted by atomic mass is 9.98. The van der Waals surface area contributed by atoms with E-state index in [9.17, 15) is 4.79 Å². The molecule has 0 aliphatic carbocycles. The fourth-order valence-corrected chi connectivity index (χ4v) is 3.22. The number of aryl methyl sites for hydroxylation is 2. The van der Waals surface area contributed by atoms with Gasteiger partial charge in [0, 0.05) is 19.5 Å². The van der Waals surface area contributed by atoms with E-state index in [4.69, 9.17) is 8.83 Å². The van der Waals surface area contributed by atoms with E-state index in [0.717, 1.165) is 38.2 Å². The second kappa shape index (κ2) is 7.66. The third kappa shape index (κ3) is 4.06. The molecule has 1 fully saturated rings. The molecule has 130 valence electrons. The van der Waals surface area contributed by atoms with Gasteiger partial charge >= 0.3 is 0 Å². The first-order chi connectivity index (χ1) is 11.7. The van der Waals surface area contributed by atoms with Crippen molar-refractivity contribution in [2.75, 3.05) is 19.6 Å². The monoisotopic (exact) mass is 331 g/mol. The van der Waals surface area contributed by atoms with Crippen LogP contribution in [-0.2, 0) is 13.0 Å². The minimum atomic E-state index is -0.164. The number of aromatic nitrogens is 1. The summed E-state index contributed by atoms with van der Waals surface area (Å²) in [4.78, 5) is 18.9. The van der Waals surface area contributed by atoms with E-state index in [2.05, 4.69) is 15.2 Å². The Morgan fingerprint density at radius 2 is 2.38 bits per heavy atom. The van der Waals surface area contributed by atoms with Crippen molar-refractivity contribution < 1.29 is 13.6 Å². The number of carbonyl (C=O) groups excluding carboxylic acids is 1. The van der Waals surface area contributed by atoms with Gasteiger partial charge in [0.1, 0.15) is 5.76 Å². The number of likely N-dealkylation sites (tertiary alicyclic amines) is 1. The zero-order valence-electron chi connectivity index (χ0n) is 14.4. The topological polar surface area (TPSA) is 71.5 Å². The number of piperidine rings is 1. The van der Waals surface area contributed by atoms with Gasteiger partial charge in [-0.1, -0.05) is 6.92 Å². The fourth-order valence-electron chi connectivity index (χ4n) is 3.22. The lowest BCUT2D eigenvalue weighted by molar-refractivity contribution is 0.0898. The maximum atomic E-state index is 12.3. The van der Waals surface area contributed by atoms with Crippen LogP contribution in [0.2, 0.25) is 0 Å². The number of rotatable bonds is 6. The molecule has 24 heavy (non-hydrogen) atoms. The van der Waals surface area contributed by atoms with Crippen molar-refractivity contribution in [3.05, 3.63) is 41.5 Å². The average molecular weight is 331 g/mol. The maximum absolute atomic E-state index is 12.3. The Labute approximate surface area is 142 Å². The molecule has 1 atom stereocenters. The van der Waals surface area contributed by atoms with Crippen molar-refractivity contribution in [2.45, 2.75) is 39.7 Å². The highest BCUT2D eigenvalue weighted by Gasteiger charge is 2.23. The molecule has 1 aliphatic rings. The minimum Gasteiger partial charge on any atom is -0.468 e. The summed E-state index contributed by atoms with van der Waals surface area (Å²) in [5.41, 5.74) is 0.660. The summed E-state index contributed by atoms with van der Waals surface area (Å²) < 4.78 is 10.9. The summed E-state index contributed by atoms with van der Waals surface area (Å²) >= 11 is 0. The third-order valence-electron chi connectivity index (χ3n) is 4.46.